The topological polar surface area (TPSA) is 53.4 Å². The number of aromatic nitrogens is 1. The molecule has 6 heteroatoms. The molecule has 1 fully saturated rings. The molecule has 23 heavy (non-hydrogen) atoms. The SMILES string of the molecule is O=C(c1ccccc1F)N1CCC(O)(c2cccnc2F)CC1. The van der Waals surface area contributed by atoms with Gasteiger partial charge in [-0.15, -0.1) is 0 Å². The molecule has 0 bridgehead atoms. The molecular weight excluding hydrogens is 302 g/mol. The van der Waals surface area contributed by atoms with Crippen LogP contribution in [0.2, 0.25) is 0 Å². The van der Waals surface area contributed by atoms with E-state index in [1.165, 1.54) is 35.4 Å². The van der Waals surface area contributed by atoms with Crippen molar-refractivity contribution in [1.29, 1.82) is 0 Å². The van der Waals surface area contributed by atoms with E-state index in [4.69, 9.17) is 0 Å². The largest absolute Gasteiger partial charge is 0.385 e. The molecule has 0 saturated carbocycles. The first-order chi connectivity index (χ1) is 11.0. The van der Waals surface area contributed by atoms with E-state index in [2.05, 4.69) is 4.98 Å². The first kappa shape index (κ1) is 15.6. The first-order valence-electron chi connectivity index (χ1n) is 7.38. The number of likely N-dealkylation sites (tertiary alicyclic amines) is 1. The minimum absolute atomic E-state index is 0.00509. The zero-order chi connectivity index (χ0) is 16.4. The number of aliphatic hydroxyl groups is 1. The number of benzene rings is 1. The van der Waals surface area contributed by atoms with Gasteiger partial charge in [-0.05, 0) is 31.0 Å². The highest BCUT2D eigenvalue weighted by Gasteiger charge is 2.38. The molecule has 4 nitrogen and oxygen atoms in total. The molecule has 1 amide bonds. The summed E-state index contributed by atoms with van der Waals surface area (Å²) in [6.45, 7) is 0.440. The van der Waals surface area contributed by atoms with E-state index in [1.807, 2.05) is 0 Å². The molecule has 1 saturated heterocycles. The van der Waals surface area contributed by atoms with E-state index in [-0.39, 0.29) is 37.1 Å². The van der Waals surface area contributed by atoms with Crippen molar-refractivity contribution in [3.05, 3.63) is 65.5 Å². The summed E-state index contributed by atoms with van der Waals surface area (Å²) in [6.07, 6.45) is 1.67. The average Bonchev–Trinajstić information content (AvgIpc) is 2.56. The molecule has 1 N–H and O–H groups in total. The highest BCUT2D eigenvalue weighted by molar-refractivity contribution is 5.94. The Bertz CT molecular complexity index is 728. The lowest BCUT2D eigenvalue weighted by molar-refractivity contribution is -0.0241. The van der Waals surface area contributed by atoms with E-state index in [0.29, 0.717) is 0 Å². The first-order valence-corrected chi connectivity index (χ1v) is 7.38. The molecule has 2 heterocycles. The van der Waals surface area contributed by atoms with Crippen LogP contribution in [0, 0.1) is 11.8 Å². The van der Waals surface area contributed by atoms with Crippen LogP contribution in [-0.2, 0) is 5.60 Å². The van der Waals surface area contributed by atoms with Crippen LogP contribution >= 0.6 is 0 Å². The maximum Gasteiger partial charge on any atom is 0.256 e. The molecule has 3 rings (SSSR count). The molecule has 1 aliphatic heterocycles. The third-order valence-corrected chi connectivity index (χ3v) is 4.24. The van der Waals surface area contributed by atoms with E-state index < -0.39 is 23.3 Å². The molecule has 0 radical (unpaired) electrons. The molecular formula is C17H16F2N2O2. The van der Waals surface area contributed by atoms with Crippen molar-refractivity contribution < 1.29 is 18.7 Å². The lowest BCUT2D eigenvalue weighted by Crippen LogP contribution is -2.45. The Kier molecular flexibility index (Phi) is 4.09. The quantitative estimate of drug-likeness (QED) is 0.866. The molecule has 0 unspecified atom stereocenters. The molecule has 1 aromatic carbocycles. The second kappa shape index (κ2) is 6.04. The van der Waals surface area contributed by atoms with Gasteiger partial charge in [-0.1, -0.05) is 18.2 Å². The predicted octanol–water partition coefficient (Wildman–Crippen LogP) is 2.48. The van der Waals surface area contributed by atoms with Crippen LogP contribution in [0.4, 0.5) is 8.78 Å². The summed E-state index contributed by atoms with van der Waals surface area (Å²) >= 11 is 0. The van der Waals surface area contributed by atoms with Gasteiger partial charge in [0.15, 0.2) is 0 Å². The summed E-state index contributed by atoms with van der Waals surface area (Å²) < 4.78 is 27.5. The minimum Gasteiger partial charge on any atom is -0.385 e. The van der Waals surface area contributed by atoms with Gasteiger partial charge in [0.1, 0.15) is 5.82 Å². The molecule has 2 aromatic rings. The van der Waals surface area contributed by atoms with Crippen molar-refractivity contribution in [2.24, 2.45) is 0 Å². The van der Waals surface area contributed by atoms with Gasteiger partial charge in [0.05, 0.1) is 11.2 Å². The highest BCUT2D eigenvalue weighted by Crippen LogP contribution is 2.34. The van der Waals surface area contributed by atoms with Crippen LogP contribution in [0.3, 0.4) is 0 Å². The standard InChI is InChI=1S/C17H16F2N2O2/c18-14-6-2-1-4-12(14)16(22)21-10-7-17(23,8-11-21)13-5-3-9-20-15(13)19/h1-6,9,23H,7-8,10-11H2. The number of hydrogen-bond donors (Lipinski definition) is 1. The molecule has 0 spiro atoms. The van der Waals surface area contributed by atoms with Crippen molar-refractivity contribution in [2.75, 3.05) is 13.1 Å². The van der Waals surface area contributed by atoms with Gasteiger partial charge in [0.25, 0.3) is 5.91 Å². The second-order valence-electron chi connectivity index (χ2n) is 5.65. The minimum atomic E-state index is -1.36. The van der Waals surface area contributed by atoms with Gasteiger partial charge >= 0.3 is 0 Å². The smallest absolute Gasteiger partial charge is 0.256 e. The molecule has 120 valence electrons. The van der Waals surface area contributed by atoms with Crippen LogP contribution in [0.1, 0.15) is 28.8 Å². The molecule has 0 aliphatic carbocycles. The maximum atomic E-state index is 13.8. The van der Waals surface area contributed by atoms with Crippen LogP contribution in [0.15, 0.2) is 42.6 Å². The fourth-order valence-electron chi connectivity index (χ4n) is 2.89. The Hall–Kier alpha value is -2.34. The normalized spacial score (nSPS) is 17.1. The number of carbonyl (C=O) groups excluding carboxylic acids is 1. The van der Waals surface area contributed by atoms with Gasteiger partial charge in [0, 0.05) is 24.8 Å². The Morgan fingerprint density at radius 1 is 1.13 bits per heavy atom. The van der Waals surface area contributed by atoms with Gasteiger partial charge in [-0.3, -0.25) is 4.79 Å². The third-order valence-electron chi connectivity index (χ3n) is 4.24. The van der Waals surface area contributed by atoms with Crippen molar-refractivity contribution in [1.82, 2.24) is 9.88 Å². The van der Waals surface area contributed by atoms with Gasteiger partial charge in [0.2, 0.25) is 5.95 Å². The summed E-state index contributed by atoms with van der Waals surface area (Å²) in [5.41, 5.74) is -1.21. The summed E-state index contributed by atoms with van der Waals surface area (Å²) in [5, 5.41) is 10.7. The van der Waals surface area contributed by atoms with E-state index in [1.54, 1.807) is 12.1 Å². The predicted molar refractivity (Wildman–Crippen MR) is 79.6 cm³/mol. The van der Waals surface area contributed by atoms with Crippen LogP contribution in [0.25, 0.3) is 0 Å². The Morgan fingerprint density at radius 3 is 2.48 bits per heavy atom. The molecule has 1 aliphatic rings. The molecule has 0 atom stereocenters. The average molecular weight is 318 g/mol. The van der Waals surface area contributed by atoms with Gasteiger partial charge < -0.3 is 10.0 Å². The highest BCUT2D eigenvalue weighted by atomic mass is 19.1. The van der Waals surface area contributed by atoms with Crippen molar-refractivity contribution in [2.45, 2.75) is 18.4 Å². The Morgan fingerprint density at radius 2 is 1.83 bits per heavy atom. The number of nitrogens with zero attached hydrogens (tertiary/aromatic N) is 2. The lowest BCUT2D eigenvalue weighted by Gasteiger charge is -2.38. The van der Waals surface area contributed by atoms with Crippen LogP contribution in [0.5, 0.6) is 0 Å². The number of amides is 1. The van der Waals surface area contributed by atoms with Crippen molar-refractivity contribution >= 4 is 5.91 Å². The number of piperidine rings is 1. The zero-order valence-corrected chi connectivity index (χ0v) is 12.4. The summed E-state index contributed by atoms with van der Waals surface area (Å²) in [6, 6.07) is 8.84. The fraction of sp³-hybridized carbons (Fsp3) is 0.294. The fourth-order valence-corrected chi connectivity index (χ4v) is 2.89. The van der Waals surface area contributed by atoms with Gasteiger partial charge in [-0.2, -0.15) is 4.39 Å². The number of rotatable bonds is 2. The van der Waals surface area contributed by atoms with E-state index >= 15 is 0 Å². The number of hydrogen-bond acceptors (Lipinski definition) is 3. The lowest BCUT2D eigenvalue weighted by atomic mass is 9.85. The second-order valence-corrected chi connectivity index (χ2v) is 5.65. The molecule has 1 aromatic heterocycles. The van der Waals surface area contributed by atoms with Gasteiger partial charge in [-0.25, -0.2) is 9.37 Å². The Labute approximate surface area is 132 Å². The van der Waals surface area contributed by atoms with Crippen LogP contribution in [-0.4, -0.2) is 34.0 Å². The maximum absolute atomic E-state index is 13.8. The number of pyridine rings is 1. The monoisotopic (exact) mass is 318 g/mol. The zero-order valence-electron chi connectivity index (χ0n) is 12.4. The summed E-state index contributed by atoms with van der Waals surface area (Å²) in [5.74, 6) is -1.70. The number of carbonyl (C=O) groups is 1. The number of halogens is 2. The summed E-state index contributed by atoms with van der Waals surface area (Å²) in [7, 11) is 0. The van der Waals surface area contributed by atoms with Crippen molar-refractivity contribution in [3.8, 4) is 0 Å². The summed E-state index contributed by atoms with van der Waals surface area (Å²) in [4.78, 5) is 17.4. The van der Waals surface area contributed by atoms with E-state index in [9.17, 15) is 18.7 Å². The Balaban J connectivity index is 1.75. The third kappa shape index (κ3) is 2.94. The van der Waals surface area contributed by atoms with E-state index in [0.717, 1.165) is 0 Å². The van der Waals surface area contributed by atoms with Crippen LogP contribution < -0.4 is 0 Å². The van der Waals surface area contributed by atoms with Crippen molar-refractivity contribution in [3.63, 3.8) is 0 Å².